The van der Waals surface area contributed by atoms with Crippen LogP contribution in [0, 0.1) is 6.92 Å². The summed E-state index contributed by atoms with van der Waals surface area (Å²) in [7, 11) is 1.55. The van der Waals surface area contributed by atoms with Crippen LogP contribution in [-0.2, 0) is 6.18 Å². The van der Waals surface area contributed by atoms with Gasteiger partial charge in [0.15, 0.2) is 0 Å². The third kappa shape index (κ3) is 2.74. The molecule has 0 aliphatic rings. The van der Waals surface area contributed by atoms with E-state index in [-0.39, 0.29) is 5.52 Å². The Kier molecular flexibility index (Phi) is 3.72. The SMILES string of the molecule is COc1cccc(-c2c(C)cnc3c(C(F)(F)F)cccc23)c1. The molecule has 3 rings (SSSR count). The number of hydrogen-bond donors (Lipinski definition) is 0. The molecule has 0 bridgehead atoms. The molecule has 0 saturated carbocycles. The normalized spacial score (nSPS) is 11.7. The van der Waals surface area contributed by atoms with Gasteiger partial charge in [0.25, 0.3) is 0 Å². The average molecular weight is 317 g/mol. The Bertz CT molecular complexity index is 872. The number of nitrogens with zero attached hydrogens (tertiary/aromatic N) is 1. The van der Waals surface area contributed by atoms with Crippen LogP contribution in [0.15, 0.2) is 48.7 Å². The minimum Gasteiger partial charge on any atom is -0.497 e. The van der Waals surface area contributed by atoms with E-state index in [9.17, 15) is 13.2 Å². The van der Waals surface area contributed by atoms with Crippen LogP contribution < -0.4 is 4.74 Å². The molecule has 1 heterocycles. The van der Waals surface area contributed by atoms with Gasteiger partial charge < -0.3 is 4.74 Å². The first kappa shape index (κ1) is 15.3. The fourth-order valence-corrected chi connectivity index (χ4v) is 2.71. The molecule has 0 amide bonds. The van der Waals surface area contributed by atoms with Crippen molar-refractivity contribution in [3.8, 4) is 16.9 Å². The van der Waals surface area contributed by atoms with Crippen molar-refractivity contribution in [2.75, 3.05) is 7.11 Å². The number of methoxy groups -OCH3 is 1. The maximum atomic E-state index is 13.2. The van der Waals surface area contributed by atoms with E-state index in [0.717, 1.165) is 22.8 Å². The van der Waals surface area contributed by atoms with E-state index in [1.54, 1.807) is 19.2 Å². The Hall–Kier alpha value is -2.56. The molecule has 0 saturated heterocycles. The van der Waals surface area contributed by atoms with Gasteiger partial charge in [-0.3, -0.25) is 4.98 Å². The molecule has 0 radical (unpaired) electrons. The molecule has 0 atom stereocenters. The van der Waals surface area contributed by atoms with Gasteiger partial charge in [0, 0.05) is 11.6 Å². The minimum absolute atomic E-state index is 0.0385. The molecule has 0 aliphatic carbocycles. The summed E-state index contributed by atoms with van der Waals surface area (Å²) in [6.07, 6.45) is -2.96. The Balaban J connectivity index is 2.34. The van der Waals surface area contributed by atoms with Gasteiger partial charge in [-0.1, -0.05) is 24.3 Å². The molecule has 0 unspecified atom stereocenters. The summed E-state index contributed by atoms with van der Waals surface area (Å²) in [6.45, 7) is 1.83. The molecule has 2 aromatic carbocycles. The molecular formula is C18H14F3NO. The highest BCUT2D eigenvalue weighted by atomic mass is 19.4. The summed E-state index contributed by atoms with van der Waals surface area (Å²) in [5, 5.41) is 0.480. The monoisotopic (exact) mass is 317 g/mol. The van der Waals surface area contributed by atoms with Crippen LogP contribution in [-0.4, -0.2) is 12.1 Å². The van der Waals surface area contributed by atoms with Gasteiger partial charge in [-0.25, -0.2) is 0 Å². The van der Waals surface area contributed by atoms with E-state index in [0.29, 0.717) is 11.1 Å². The molecule has 0 fully saturated rings. The summed E-state index contributed by atoms with van der Waals surface area (Å²) in [6, 6.07) is 11.4. The van der Waals surface area contributed by atoms with Gasteiger partial charge >= 0.3 is 6.18 Å². The topological polar surface area (TPSA) is 22.1 Å². The van der Waals surface area contributed by atoms with Gasteiger partial charge in [-0.15, -0.1) is 0 Å². The van der Waals surface area contributed by atoms with Crippen molar-refractivity contribution >= 4 is 10.9 Å². The number of ether oxygens (including phenoxy) is 1. The Morgan fingerprint density at radius 3 is 2.48 bits per heavy atom. The van der Waals surface area contributed by atoms with Crippen molar-refractivity contribution in [2.24, 2.45) is 0 Å². The third-order valence-electron chi connectivity index (χ3n) is 3.75. The van der Waals surface area contributed by atoms with Crippen molar-refractivity contribution < 1.29 is 17.9 Å². The average Bonchev–Trinajstić information content (AvgIpc) is 2.53. The predicted molar refractivity (Wildman–Crippen MR) is 83.5 cm³/mol. The van der Waals surface area contributed by atoms with Crippen LogP contribution in [0.5, 0.6) is 5.75 Å². The summed E-state index contributed by atoms with van der Waals surface area (Å²) in [5.74, 6) is 0.652. The van der Waals surface area contributed by atoms with Crippen LogP contribution in [0.3, 0.4) is 0 Å². The number of aryl methyl sites for hydroxylation is 1. The highest BCUT2D eigenvalue weighted by Gasteiger charge is 2.33. The molecule has 118 valence electrons. The Labute approximate surface area is 131 Å². The van der Waals surface area contributed by atoms with Gasteiger partial charge in [-0.05, 0) is 41.8 Å². The lowest BCUT2D eigenvalue weighted by atomic mass is 9.95. The lowest BCUT2D eigenvalue weighted by molar-refractivity contribution is -0.136. The van der Waals surface area contributed by atoms with Gasteiger partial charge in [-0.2, -0.15) is 13.2 Å². The van der Waals surface area contributed by atoms with Crippen molar-refractivity contribution in [2.45, 2.75) is 13.1 Å². The van der Waals surface area contributed by atoms with Crippen LogP contribution in [0.2, 0.25) is 0 Å². The number of pyridine rings is 1. The fourth-order valence-electron chi connectivity index (χ4n) is 2.71. The molecule has 1 aromatic heterocycles. The summed E-state index contributed by atoms with van der Waals surface area (Å²) in [5.41, 5.74) is 1.58. The van der Waals surface area contributed by atoms with Crippen LogP contribution >= 0.6 is 0 Å². The number of para-hydroxylation sites is 1. The second-order valence-electron chi connectivity index (χ2n) is 5.25. The highest BCUT2D eigenvalue weighted by Crippen LogP contribution is 2.38. The zero-order valence-corrected chi connectivity index (χ0v) is 12.6. The summed E-state index contributed by atoms with van der Waals surface area (Å²) < 4.78 is 44.8. The lowest BCUT2D eigenvalue weighted by Crippen LogP contribution is -2.07. The minimum atomic E-state index is -4.44. The van der Waals surface area contributed by atoms with Crippen molar-refractivity contribution in [1.82, 2.24) is 4.98 Å². The molecular weight excluding hydrogens is 303 g/mol. The molecule has 0 aliphatic heterocycles. The maximum absolute atomic E-state index is 13.2. The van der Waals surface area contributed by atoms with Crippen molar-refractivity contribution in [1.29, 1.82) is 0 Å². The number of rotatable bonds is 2. The van der Waals surface area contributed by atoms with E-state index in [1.807, 2.05) is 25.1 Å². The fraction of sp³-hybridized carbons (Fsp3) is 0.167. The van der Waals surface area contributed by atoms with Gasteiger partial charge in [0.1, 0.15) is 5.75 Å². The van der Waals surface area contributed by atoms with Gasteiger partial charge in [0.05, 0.1) is 18.2 Å². The van der Waals surface area contributed by atoms with E-state index in [2.05, 4.69) is 4.98 Å². The highest BCUT2D eigenvalue weighted by molar-refractivity contribution is 5.97. The third-order valence-corrected chi connectivity index (χ3v) is 3.75. The Morgan fingerprint density at radius 2 is 1.78 bits per heavy atom. The van der Waals surface area contributed by atoms with Crippen LogP contribution in [0.4, 0.5) is 13.2 Å². The molecule has 5 heteroatoms. The molecule has 23 heavy (non-hydrogen) atoms. The first-order chi connectivity index (χ1) is 10.9. The zero-order chi connectivity index (χ0) is 16.6. The van der Waals surface area contributed by atoms with E-state index < -0.39 is 11.7 Å². The first-order valence-corrected chi connectivity index (χ1v) is 7.02. The molecule has 0 N–H and O–H groups in total. The second-order valence-corrected chi connectivity index (χ2v) is 5.25. The van der Waals surface area contributed by atoms with E-state index in [1.165, 1.54) is 12.3 Å². The smallest absolute Gasteiger partial charge is 0.418 e. The van der Waals surface area contributed by atoms with Gasteiger partial charge in [0.2, 0.25) is 0 Å². The van der Waals surface area contributed by atoms with E-state index >= 15 is 0 Å². The zero-order valence-electron chi connectivity index (χ0n) is 12.6. The van der Waals surface area contributed by atoms with Crippen molar-refractivity contribution in [3.63, 3.8) is 0 Å². The largest absolute Gasteiger partial charge is 0.497 e. The number of alkyl halides is 3. The molecule has 2 nitrogen and oxygen atoms in total. The Morgan fingerprint density at radius 1 is 1.04 bits per heavy atom. The number of halogens is 3. The lowest BCUT2D eigenvalue weighted by Gasteiger charge is -2.14. The number of hydrogen-bond acceptors (Lipinski definition) is 2. The number of benzene rings is 2. The number of fused-ring (bicyclic) bond motifs is 1. The molecule has 0 spiro atoms. The second kappa shape index (κ2) is 5.57. The first-order valence-electron chi connectivity index (χ1n) is 7.02. The standard InChI is InChI=1S/C18H14F3NO/c1-11-10-22-17-14(7-4-8-15(17)18(19,20)21)16(11)12-5-3-6-13(9-12)23-2/h3-10H,1-2H3. The maximum Gasteiger partial charge on any atom is 0.418 e. The quantitative estimate of drug-likeness (QED) is 0.645. The van der Waals surface area contributed by atoms with E-state index in [4.69, 9.17) is 4.74 Å². The summed E-state index contributed by atoms with van der Waals surface area (Å²) in [4.78, 5) is 4.02. The van der Waals surface area contributed by atoms with Crippen LogP contribution in [0.25, 0.3) is 22.0 Å². The predicted octanol–water partition coefficient (Wildman–Crippen LogP) is 5.24. The number of aromatic nitrogens is 1. The van der Waals surface area contributed by atoms with Crippen molar-refractivity contribution in [3.05, 3.63) is 59.8 Å². The molecule has 3 aromatic rings. The summed E-state index contributed by atoms with van der Waals surface area (Å²) >= 11 is 0. The van der Waals surface area contributed by atoms with Crippen LogP contribution in [0.1, 0.15) is 11.1 Å².